The van der Waals surface area contributed by atoms with Crippen molar-refractivity contribution in [3.05, 3.63) is 78.6 Å². The van der Waals surface area contributed by atoms with Crippen LogP contribution in [0.15, 0.2) is 73.6 Å². The number of carbonyl (C=O) groups excluding carboxylic acids is 1. The zero-order valence-electron chi connectivity index (χ0n) is 31.8. The van der Waals surface area contributed by atoms with Gasteiger partial charge in [-0.3, -0.25) is 19.3 Å². The molecular weight excluding hydrogens is 812 g/mol. The Kier molecular flexibility index (Phi) is 14.2. The predicted octanol–water partition coefficient (Wildman–Crippen LogP) is 3.78. The number of halogens is 7. The van der Waals surface area contributed by atoms with E-state index >= 15 is 0 Å². The number of ether oxygens (including phenoxy) is 2. The Labute approximate surface area is 370 Å². The molecule has 0 aliphatic carbocycles. The fourth-order valence-electron chi connectivity index (χ4n) is 5.50. The van der Waals surface area contributed by atoms with Gasteiger partial charge in [-0.2, -0.15) is 10.2 Å². The van der Waals surface area contributed by atoms with E-state index in [-0.39, 0.29) is 74.0 Å². The number of alkyl halides is 6. The van der Waals surface area contributed by atoms with Crippen molar-refractivity contribution in [2.75, 3.05) is 0 Å². The van der Waals surface area contributed by atoms with Crippen LogP contribution in [0.1, 0.15) is 34.6 Å². The summed E-state index contributed by atoms with van der Waals surface area (Å²) in [6.45, 7) is 8.62. The van der Waals surface area contributed by atoms with E-state index in [4.69, 9.17) is 30.8 Å². The Bertz CT molecular complexity index is 2370. The van der Waals surface area contributed by atoms with Crippen molar-refractivity contribution in [2.24, 2.45) is 14.1 Å². The third-order valence-electron chi connectivity index (χ3n) is 8.66. The molecule has 0 unspecified atom stereocenters. The van der Waals surface area contributed by atoms with Crippen LogP contribution >= 0.6 is 11.6 Å². The molecule has 21 heteroatoms. The van der Waals surface area contributed by atoms with Crippen LogP contribution in [-0.2, 0) is 28.2 Å². The van der Waals surface area contributed by atoms with Crippen LogP contribution in [0, 0.1) is 0 Å². The number of rotatable bonds is 5. The largest absolute Gasteiger partial charge is 1.00 e. The molecule has 0 spiro atoms. The van der Waals surface area contributed by atoms with E-state index in [9.17, 15) is 26.3 Å². The van der Waals surface area contributed by atoms with Crippen molar-refractivity contribution in [1.29, 1.82) is 0 Å². The number of carbonyl (C=O) groups is 1. The van der Waals surface area contributed by atoms with E-state index in [0.29, 0.717) is 43.4 Å². The van der Waals surface area contributed by atoms with Crippen molar-refractivity contribution >= 4 is 52.0 Å². The number of carboxylic acids is 1. The summed E-state index contributed by atoms with van der Waals surface area (Å²) in [5.74, 6) is -1.77. The molecule has 0 radical (unpaired) electrons. The van der Waals surface area contributed by atoms with Crippen LogP contribution in [0.25, 0.3) is 44.1 Å². The molecule has 1 aliphatic heterocycles. The molecule has 0 atom stereocenters. The van der Waals surface area contributed by atoms with Crippen LogP contribution in [0.4, 0.5) is 26.3 Å². The number of aliphatic carboxylic acids is 1. The third-order valence-corrected chi connectivity index (χ3v) is 8.99. The maximum atomic E-state index is 13.1. The number of fused-ring (bicyclic) bond motifs is 2. The second kappa shape index (κ2) is 17.6. The van der Waals surface area contributed by atoms with E-state index in [0.717, 1.165) is 6.92 Å². The van der Waals surface area contributed by atoms with Gasteiger partial charge in [-0.25, -0.2) is 0 Å². The number of nitrogens with zero attached hydrogens (tertiary/aromatic N) is 6. The number of aryl methyl sites for hydroxylation is 2. The van der Waals surface area contributed by atoms with Crippen molar-refractivity contribution in [2.45, 2.75) is 58.5 Å². The summed E-state index contributed by atoms with van der Waals surface area (Å²) >= 11 is 6.01. The van der Waals surface area contributed by atoms with E-state index < -0.39 is 37.0 Å². The Morgan fingerprint density at radius 3 is 1.58 bits per heavy atom. The Morgan fingerprint density at radius 2 is 1.18 bits per heavy atom. The zero-order valence-corrected chi connectivity index (χ0v) is 35.7. The smallest absolute Gasteiger partial charge is 0.550 e. The van der Waals surface area contributed by atoms with Crippen molar-refractivity contribution in [1.82, 2.24) is 29.5 Å². The van der Waals surface area contributed by atoms with E-state index in [1.54, 1.807) is 44.8 Å². The first-order chi connectivity index (χ1) is 25.9. The monoisotopic (exact) mass is 844 g/mol. The molecule has 1 aliphatic rings. The number of hydrogen-bond acceptors (Lipinski definition) is 10. The molecule has 296 valence electrons. The van der Waals surface area contributed by atoms with Crippen molar-refractivity contribution in [3.8, 4) is 33.8 Å². The molecule has 0 bridgehead atoms. The summed E-state index contributed by atoms with van der Waals surface area (Å²) in [6, 6.07) is 8.82. The average molecular weight is 845 g/mol. The topological polar surface area (TPSA) is 138 Å². The number of benzene rings is 2. The number of pyridine rings is 2. The normalized spacial score (nSPS) is 14.6. The first-order valence-corrected chi connectivity index (χ1v) is 16.8. The first-order valence-electron chi connectivity index (χ1n) is 16.5. The van der Waals surface area contributed by atoms with Gasteiger partial charge in [0.05, 0.1) is 39.7 Å². The van der Waals surface area contributed by atoms with Crippen molar-refractivity contribution < 1.29 is 106 Å². The van der Waals surface area contributed by atoms with Gasteiger partial charge < -0.3 is 28.7 Å². The van der Waals surface area contributed by atoms with Gasteiger partial charge in [0.25, 0.3) is 0 Å². The molecular formula is C36H33BClF6KN6O6. The van der Waals surface area contributed by atoms with Gasteiger partial charge in [-0.05, 0) is 76.5 Å². The van der Waals surface area contributed by atoms with Crippen LogP contribution in [0.2, 0.25) is 5.02 Å². The molecule has 4 aromatic heterocycles. The maximum Gasteiger partial charge on any atom is 1.00 e. The van der Waals surface area contributed by atoms with Crippen LogP contribution in [-0.4, -0.2) is 66.5 Å². The number of aromatic nitrogens is 6. The quantitative estimate of drug-likeness (QED) is 0.186. The summed E-state index contributed by atoms with van der Waals surface area (Å²) in [5, 5.41) is 18.0. The van der Waals surface area contributed by atoms with Gasteiger partial charge in [0.2, 0.25) is 0 Å². The Balaban J connectivity index is 0.000000236. The number of hydrogen-bond donors (Lipinski definition) is 0. The third kappa shape index (κ3) is 11.5. The number of carboxylic acid groups (broad SMARTS) is 1. The first kappa shape index (κ1) is 45.9. The molecule has 2 aromatic carbocycles. The molecule has 1 saturated heterocycles. The van der Waals surface area contributed by atoms with E-state index in [1.807, 2.05) is 27.7 Å². The molecule has 5 heterocycles. The minimum absolute atomic E-state index is 0. The van der Waals surface area contributed by atoms with Gasteiger partial charge in [0, 0.05) is 77.9 Å². The molecule has 1 fully saturated rings. The fourth-order valence-corrected chi connectivity index (χ4v) is 5.71. The van der Waals surface area contributed by atoms with Gasteiger partial charge >= 0.3 is 71.2 Å². The van der Waals surface area contributed by atoms with E-state index in [1.165, 1.54) is 52.2 Å². The minimum atomic E-state index is -4.85. The molecule has 57 heavy (non-hydrogen) atoms. The van der Waals surface area contributed by atoms with Gasteiger partial charge in [-0.1, -0.05) is 11.6 Å². The minimum Gasteiger partial charge on any atom is -0.550 e. The molecule has 7 rings (SSSR count). The summed E-state index contributed by atoms with van der Waals surface area (Å²) in [6.07, 6.45) is -0.451. The molecule has 6 aromatic rings. The second-order valence-electron chi connectivity index (χ2n) is 13.4. The van der Waals surface area contributed by atoms with Crippen LogP contribution in [0.5, 0.6) is 11.5 Å². The summed E-state index contributed by atoms with van der Waals surface area (Å²) in [4.78, 5) is 17.4. The molecule has 0 saturated carbocycles. The van der Waals surface area contributed by atoms with Crippen molar-refractivity contribution in [3.63, 3.8) is 0 Å². The van der Waals surface area contributed by atoms with Gasteiger partial charge in [-0.15, -0.1) is 26.3 Å². The Morgan fingerprint density at radius 1 is 0.772 bits per heavy atom. The predicted molar refractivity (Wildman–Crippen MR) is 193 cm³/mol. The van der Waals surface area contributed by atoms with Crippen LogP contribution < -0.4 is 71.4 Å². The summed E-state index contributed by atoms with van der Waals surface area (Å²) in [5.41, 5.74) is 1.84. The SMILES string of the molecule is CC(=O)[O-].Cn1cc(-c2cc3nccc(B4OC(C)(C)C(C)(C)O4)c3cc2OC(F)(F)F)cn1.Cn1cc(-c2cc3nccc(Cl)c3cc2OC(F)(F)F)cn1.[K+]. The zero-order chi connectivity index (χ0) is 41.4. The van der Waals surface area contributed by atoms with Gasteiger partial charge in [0.15, 0.2) is 0 Å². The summed E-state index contributed by atoms with van der Waals surface area (Å²) in [7, 11) is 2.61. The molecule has 12 nitrogen and oxygen atoms in total. The maximum absolute atomic E-state index is 13.1. The second-order valence-corrected chi connectivity index (χ2v) is 13.8. The standard InChI is InChI=1S/C20H21BF3N3O3.C14H9ClF3N3O.C2H4O2.K/c1-18(2)19(3,4)30-21(29-18)15-6-7-25-16-8-13(12-10-26-27(5)11-12)17(9-14(15)16)28-20(22,23)24;1-21-7-8(6-20-21)9-4-12-10(11(15)2-3-19-12)5-13(9)22-14(16,17)18;1-2(3)4;/h6-11H,1-5H3;2-7H,1H3;1H3,(H,3,4);/q;;;+1/p-1. The Hall–Kier alpha value is -3.76. The van der Waals surface area contributed by atoms with E-state index in [2.05, 4.69) is 29.6 Å². The average Bonchev–Trinajstić information content (AvgIpc) is 3.75. The van der Waals surface area contributed by atoms with Crippen LogP contribution in [0.3, 0.4) is 0 Å². The molecule has 0 amide bonds. The van der Waals surface area contributed by atoms with Gasteiger partial charge in [0.1, 0.15) is 11.5 Å². The molecule has 0 N–H and O–H groups in total. The summed E-state index contributed by atoms with van der Waals surface area (Å²) < 4.78 is 101. The fraction of sp³-hybridized carbons (Fsp3) is 0.306.